The average Bonchev–Trinajstić information content (AvgIpc) is 2.35. The van der Waals surface area contributed by atoms with Crippen molar-refractivity contribution in [2.75, 3.05) is 6.61 Å². The molecule has 7 heteroatoms. The summed E-state index contributed by atoms with van der Waals surface area (Å²) in [4.78, 5) is 34.3. The molecule has 0 fully saturated rings. The summed E-state index contributed by atoms with van der Waals surface area (Å²) in [7, 11) is 0. The van der Waals surface area contributed by atoms with E-state index in [9.17, 15) is 14.4 Å². The molecule has 21 heavy (non-hydrogen) atoms. The third-order valence-corrected chi connectivity index (χ3v) is 2.15. The van der Waals surface area contributed by atoms with Gasteiger partial charge >= 0.3 is 77.0 Å². The third kappa shape index (κ3) is 8.76. The zero-order valence-electron chi connectivity index (χ0n) is 11.1. The summed E-state index contributed by atoms with van der Waals surface area (Å²) in [6.07, 6.45) is 0. The zero-order chi connectivity index (χ0) is 14.5. The molecule has 1 rings (SSSR count). The zero-order valence-corrected chi connectivity index (χ0v) is 11.1. The van der Waals surface area contributed by atoms with Crippen LogP contribution in [0.15, 0.2) is 30.3 Å². The van der Waals surface area contributed by atoms with E-state index in [1.807, 2.05) is 0 Å². The Labute approximate surface area is 168 Å². The minimum absolute atomic E-state index is 0. The second-order valence-electron chi connectivity index (χ2n) is 4.95. The van der Waals surface area contributed by atoms with Gasteiger partial charge in [-0.3, -0.25) is 4.79 Å². The number of rotatable bonds is 3. The first-order valence-electron chi connectivity index (χ1n) is 5.78. The van der Waals surface area contributed by atoms with Crippen LogP contribution >= 0.6 is 0 Å². The number of carbonyl (C=O) groups excluding carboxylic acids is 3. The van der Waals surface area contributed by atoms with Crippen LogP contribution in [-0.4, -0.2) is 83.6 Å². The minimum atomic E-state index is -0.897. The van der Waals surface area contributed by atoms with E-state index >= 15 is 0 Å². The second-order valence-corrected chi connectivity index (χ2v) is 4.95. The Balaban J connectivity index is 0. The van der Waals surface area contributed by atoms with E-state index < -0.39 is 29.9 Å². The molecular formula is C14H18Na2O5. The number of hydrogen-bond donors (Lipinski definition) is 0. The van der Waals surface area contributed by atoms with Crippen LogP contribution in [0.5, 0.6) is 0 Å². The summed E-state index contributed by atoms with van der Waals surface area (Å²) < 4.78 is 9.28. The second kappa shape index (κ2) is 10.5. The molecule has 0 saturated carbocycles. The van der Waals surface area contributed by atoms with Crippen molar-refractivity contribution in [2.45, 2.75) is 20.8 Å². The molecule has 0 radical (unpaired) electrons. The monoisotopic (exact) mass is 312 g/mol. The van der Waals surface area contributed by atoms with Crippen LogP contribution in [0.4, 0.5) is 0 Å². The van der Waals surface area contributed by atoms with E-state index in [0.29, 0.717) is 0 Å². The molecule has 0 bridgehead atoms. The van der Waals surface area contributed by atoms with Crippen molar-refractivity contribution in [3.63, 3.8) is 0 Å². The van der Waals surface area contributed by atoms with E-state index in [0.717, 1.165) is 0 Å². The SMILES string of the molecule is CC(C)(C)C(=O)OCC(=O)OC(=O)c1ccccc1.[NaH].[NaH]. The van der Waals surface area contributed by atoms with Gasteiger partial charge in [-0.2, -0.15) is 0 Å². The molecule has 0 saturated heterocycles. The molecule has 5 nitrogen and oxygen atoms in total. The number of carbonyl (C=O) groups is 3. The van der Waals surface area contributed by atoms with Crippen LogP contribution in [0.1, 0.15) is 31.1 Å². The summed E-state index contributed by atoms with van der Waals surface area (Å²) in [5.74, 6) is -2.19. The number of hydrogen-bond acceptors (Lipinski definition) is 5. The number of esters is 3. The summed E-state index contributed by atoms with van der Waals surface area (Å²) >= 11 is 0. The molecule has 106 valence electrons. The summed E-state index contributed by atoms with van der Waals surface area (Å²) in [6, 6.07) is 8.10. The Hall–Kier alpha value is -0.170. The van der Waals surface area contributed by atoms with Crippen molar-refractivity contribution in [3.05, 3.63) is 35.9 Å². The molecule has 0 unspecified atom stereocenters. The van der Waals surface area contributed by atoms with Gasteiger partial charge in [0.1, 0.15) is 0 Å². The topological polar surface area (TPSA) is 69.7 Å². The fourth-order valence-electron chi connectivity index (χ4n) is 1.11. The van der Waals surface area contributed by atoms with Gasteiger partial charge in [0, 0.05) is 0 Å². The van der Waals surface area contributed by atoms with Crippen LogP contribution in [0.2, 0.25) is 0 Å². The van der Waals surface area contributed by atoms with Crippen LogP contribution in [0.3, 0.4) is 0 Å². The van der Waals surface area contributed by atoms with E-state index in [1.54, 1.807) is 39.0 Å². The van der Waals surface area contributed by atoms with E-state index in [2.05, 4.69) is 4.74 Å². The Morgan fingerprint density at radius 1 is 1.00 bits per heavy atom. The molecule has 0 aliphatic carbocycles. The standard InChI is InChI=1S/C14H16O5.2Na.2H/c1-14(2,3)13(17)18-9-11(15)19-12(16)10-7-5-4-6-8-10;;;;/h4-8H,9H2,1-3H3;;;;. The van der Waals surface area contributed by atoms with E-state index in [-0.39, 0.29) is 64.7 Å². The molecule has 1 aromatic rings. The van der Waals surface area contributed by atoms with Crippen molar-refractivity contribution in [1.29, 1.82) is 0 Å². The average molecular weight is 312 g/mol. The predicted octanol–water partition coefficient (Wildman–Crippen LogP) is 0.662. The van der Waals surface area contributed by atoms with Gasteiger partial charge in [0.05, 0.1) is 11.0 Å². The fourth-order valence-corrected chi connectivity index (χ4v) is 1.11. The van der Waals surface area contributed by atoms with Gasteiger partial charge < -0.3 is 9.47 Å². The molecule has 1 aromatic carbocycles. The Morgan fingerprint density at radius 2 is 1.52 bits per heavy atom. The van der Waals surface area contributed by atoms with Crippen molar-refractivity contribution in [3.8, 4) is 0 Å². The maximum absolute atomic E-state index is 11.5. The van der Waals surface area contributed by atoms with Crippen LogP contribution < -0.4 is 0 Å². The van der Waals surface area contributed by atoms with Crippen LogP contribution in [0.25, 0.3) is 0 Å². The van der Waals surface area contributed by atoms with Crippen molar-refractivity contribution < 1.29 is 23.9 Å². The molecule has 0 atom stereocenters. The van der Waals surface area contributed by atoms with E-state index in [1.165, 1.54) is 12.1 Å². The van der Waals surface area contributed by atoms with Crippen LogP contribution in [-0.2, 0) is 19.1 Å². The van der Waals surface area contributed by atoms with E-state index in [4.69, 9.17) is 4.74 Å². The van der Waals surface area contributed by atoms with Gasteiger partial charge in [-0.1, -0.05) is 18.2 Å². The van der Waals surface area contributed by atoms with Gasteiger partial charge in [-0.05, 0) is 32.9 Å². The maximum atomic E-state index is 11.5. The normalized spacial score (nSPS) is 9.67. The first kappa shape index (κ1) is 23.1. The number of benzene rings is 1. The first-order valence-corrected chi connectivity index (χ1v) is 5.78. The Kier molecular flexibility index (Phi) is 11.6. The molecule has 0 aromatic heterocycles. The van der Waals surface area contributed by atoms with Gasteiger partial charge in [0.25, 0.3) is 0 Å². The van der Waals surface area contributed by atoms with Gasteiger partial charge in [-0.15, -0.1) is 0 Å². The van der Waals surface area contributed by atoms with Crippen molar-refractivity contribution in [2.24, 2.45) is 5.41 Å². The molecule has 0 aliphatic rings. The molecule has 0 spiro atoms. The van der Waals surface area contributed by atoms with Crippen molar-refractivity contribution in [1.82, 2.24) is 0 Å². The third-order valence-electron chi connectivity index (χ3n) is 2.15. The molecule has 0 N–H and O–H groups in total. The summed E-state index contributed by atoms with van der Waals surface area (Å²) in [6.45, 7) is 4.41. The first-order chi connectivity index (χ1) is 8.80. The molecule has 0 amide bonds. The Bertz CT molecular complexity index is 480. The van der Waals surface area contributed by atoms with Gasteiger partial charge in [-0.25, -0.2) is 9.59 Å². The summed E-state index contributed by atoms with van der Waals surface area (Å²) in [5.41, 5.74) is -0.443. The molecule has 0 heterocycles. The molecular weight excluding hydrogens is 294 g/mol. The van der Waals surface area contributed by atoms with Crippen LogP contribution in [0, 0.1) is 5.41 Å². The molecule has 0 aliphatic heterocycles. The fraction of sp³-hybridized carbons (Fsp3) is 0.357. The quantitative estimate of drug-likeness (QED) is 0.466. The van der Waals surface area contributed by atoms with Gasteiger partial charge in [0.15, 0.2) is 6.61 Å². The summed E-state index contributed by atoms with van der Waals surface area (Å²) in [5, 5.41) is 0. The van der Waals surface area contributed by atoms with Gasteiger partial charge in [0.2, 0.25) is 0 Å². The van der Waals surface area contributed by atoms with Crippen molar-refractivity contribution >= 4 is 77.0 Å². The Morgan fingerprint density at radius 3 is 2.00 bits per heavy atom. The number of ether oxygens (including phenoxy) is 2. The predicted molar refractivity (Wildman–Crippen MR) is 81.6 cm³/mol.